The summed E-state index contributed by atoms with van der Waals surface area (Å²) in [6, 6.07) is 8.09. The van der Waals surface area contributed by atoms with E-state index in [0.717, 1.165) is 29.2 Å². The summed E-state index contributed by atoms with van der Waals surface area (Å²) in [4.78, 5) is 4.15. The standard InChI is InChI=1S/C14H15NO/c16-14(11-4-1-5-11)12-6-2-3-10-7-8-15-9-13(10)12/h2-3,6-9,11,14,16H,1,4-5H2. The molecule has 3 rings (SSSR count). The third-order valence-electron chi connectivity index (χ3n) is 3.63. The zero-order valence-corrected chi connectivity index (χ0v) is 9.13. The van der Waals surface area contributed by atoms with Crippen LogP contribution >= 0.6 is 0 Å². The molecule has 16 heavy (non-hydrogen) atoms. The highest BCUT2D eigenvalue weighted by atomic mass is 16.3. The van der Waals surface area contributed by atoms with Gasteiger partial charge in [-0.1, -0.05) is 24.6 Å². The van der Waals surface area contributed by atoms with Crippen molar-refractivity contribution in [3.63, 3.8) is 0 Å². The van der Waals surface area contributed by atoms with E-state index in [1.165, 1.54) is 6.42 Å². The SMILES string of the molecule is OC(c1cccc2ccncc12)C1CCC1. The van der Waals surface area contributed by atoms with E-state index in [-0.39, 0.29) is 6.10 Å². The number of benzene rings is 1. The number of nitrogens with zero attached hydrogens (tertiary/aromatic N) is 1. The van der Waals surface area contributed by atoms with Crippen LogP contribution in [0.3, 0.4) is 0 Å². The second-order valence-corrected chi connectivity index (χ2v) is 4.58. The van der Waals surface area contributed by atoms with Gasteiger partial charge in [0.2, 0.25) is 0 Å². The van der Waals surface area contributed by atoms with Crippen LogP contribution in [0, 0.1) is 5.92 Å². The van der Waals surface area contributed by atoms with Gasteiger partial charge in [-0.3, -0.25) is 4.98 Å². The molecule has 1 saturated carbocycles. The number of rotatable bonds is 2. The van der Waals surface area contributed by atoms with Crippen LogP contribution in [0.4, 0.5) is 0 Å². The molecule has 2 aromatic rings. The Hall–Kier alpha value is -1.41. The van der Waals surface area contributed by atoms with Gasteiger partial charge in [0.25, 0.3) is 0 Å². The largest absolute Gasteiger partial charge is 0.388 e. The maximum Gasteiger partial charge on any atom is 0.0824 e. The molecule has 82 valence electrons. The monoisotopic (exact) mass is 213 g/mol. The molecule has 1 aromatic heterocycles. The summed E-state index contributed by atoms with van der Waals surface area (Å²) in [6.07, 6.45) is 6.89. The Labute approximate surface area is 94.9 Å². The summed E-state index contributed by atoms with van der Waals surface area (Å²) in [5.41, 5.74) is 1.04. The lowest BCUT2D eigenvalue weighted by molar-refractivity contribution is 0.0632. The van der Waals surface area contributed by atoms with E-state index in [0.29, 0.717) is 5.92 Å². The summed E-state index contributed by atoms with van der Waals surface area (Å²) in [5, 5.41) is 12.6. The quantitative estimate of drug-likeness (QED) is 0.831. The van der Waals surface area contributed by atoms with Crippen LogP contribution in [-0.2, 0) is 0 Å². The second-order valence-electron chi connectivity index (χ2n) is 4.58. The van der Waals surface area contributed by atoms with Crippen LogP contribution in [0.2, 0.25) is 0 Å². The Morgan fingerprint density at radius 3 is 2.88 bits per heavy atom. The van der Waals surface area contributed by atoms with Gasteiger partial charge in [-0.15, -0.1) is 0 Å². The normalized spacial score (nSPS) is 18.3. The van der Waals surface area contributed by atoms with E-state index in [9.17, 15) is 5.11 Å². The minimum Gasteiger partial charge on any atom is -0.388 e. The Balaban J connectivity index is 2.08. The first kappa shape index (κ1) is 9.79. The fraction of sp³-hybridized carbons (Fsp3) is 0.357. The molecule has 0 saturated heterocycles. The Bertz CT molecular complexity index is 500. The number of aliphatic hydroxyl groups is 1. The molecule has 0 amide bonds. The molecule has 0 bridgehead atoms. The van der Waals surface area contributed by atoms with Crippen molar-refractivity contribution >= 4 is 10.8 Å². The van der Waals surface area contributed by atoms with E-state index in [1.54, 1.807) is 6.20 Å². The lowest BCUT2D eigenvalue weighted by Gasteiger charge is -2.31. The molecule has 0 aliphatic heterocycles. The molecule has 1 fully saturated rings. The van der Waals surface area contributed by atoms with E-state index in [2.05, 4.69) is 11.1 Å². The number of hydrogen-bond acceptors (Lipinski definition) is 2. The maximum atomic E-state index is 10.3. The summed E-state index contributed by atoms with van der Waals surface area (Å²) in [7, 11) is 0. The lowest BCUT2D eigenvalue weighted by atomic mass is 9.78. The molecule has 1 heterocycles. The Morgan fingerprint density at radius 2 is 2.12 bits per heavy atom. The smallest absolute Gasteiger partial charge is 0.0824 e. The molecule has 0 radical (unpaired) electrons. The molecule has 1 aromatic carbocycles. The number of hydrogen-bond donors (Lipinski definition) is 1. The first-order valence-electron chi connectivity index (χ1n) is 5.87. The van der Waals surface area contributed by atoms with Gasteiger partial charge in [0, 0.05) is 17.8 Å². The maximum absolute atomic E-state index is 10.3. The van der Waals surface area contributed by atoms with Crippen LogP contribution in [0.5, 0.6) is 0 Å². The van der Waals surface area contributed by atoms with Crippen molar-refractivity contribution in [1.82, 2.24) is 4.98 Å². The summed E-state index contributed by atoms with van der Waals surface area (Å²) in [6.45, 7) is 0. The zero-order valence-electron chi connectivity index (χ0n) is 9.13. The van der Waals surface area contributed by atoms with Gasteiger partial charge in [-0.2, -0.15) is 0 Å². The minimum absolute atomic E-state index is 0.318. The fourth-order valence-corrected chi connectivity index (χ4v) is 2.40. The van der Waals surface area contributed by atoms with Crippen molar-refractivity contribution in [3.8, 4) is 0 Å². The number of aliphatic hydroxyl groups excluding tert-OH is 1. The van der Waals surface area contributed by atoms with Gasteiger partial charge in [0.05, 0.1) is 6.10 Å². The molecule has 1 N–H and O–H groups in total. The first-order chi connectivity index (χ1) is 7.86. The number of aromatic nitrogens is 1. The van der Waals surface area contributed by atoms with Crippen LogP contribution in [-0.4, -0.2) is 10.1 Å². The summed E-state index contributed by atoms with van der Waals surface area (Å²) < 4.78 is 0. The van der Waals surface area contributed by atoms with Crippen molar-refractivity contribution in [2.75, 3.05) is 0 Å². The number of pyridine rings is 1. The highest BCUT2D eigenvalue weighted by Crippen LogP contribution is 2.39. The summed E-state index contributed by atoms with van der Waals surface area (Å²) >= 11 is 0. The average molecular weight is 213 g/mol. The predicted molar refractivity (Wildman–Crippen MR) is 64.0 cm³/mol. The van der Waals surface area contributed by atoms with Gasteiger partial charge in [-0.05, 0) is 35.8 Å². The van der Waals surface area contributed by atoms with E-state index < -0.39 is 0 Å². The molecule has 1 aliphatic rings. The van der Waals surface area contributed by atoms with Gasteiger partial charge < -0.3 is 5.11 Å². The van der Waals surface area contributed by atoms with Crippen LogP contribution < -0.4 is 0 Å². The molecule has 1 unspecified atom stereocenters. The number of fused-ring (bicyclic) bond motifs is 1. The first-order valence-corrected chi connectivity index (χ1v) is 5.87. The van der Waals surface area contributed by atoms with Gasteiger partial charge in [0.15, 0.2) is 0 Å². The molecule has 1 aliphatic carbocycles. The topological polar surface area (TPSA) is 33.1 Å². The van der Waals surface area contributed by atoms with E-state index in [4.69, 9.17) is 0 Å². The van der Waals surface area contributed by atoms with Gasteiger partial charge in [0.1, 0.15) is 0 Å². The second kappa shape index (κ2) is 3.87. The lowest BCUT2D eigenvalue weighted by Crippen LogP contribution is -2.20. The Kier molecular flexibility index (Phi) is 2.37. The highest BCUT2D eigenvalue weighted by Gasteiger charge is 2.27. The third kappa shape index (κ3) is 1.50. The van der Waals surface area contributed by atoms with Crippen LogP contribution in [0.1, 0.15) is 30.9 Å². The van der Waals surface area contributed by atoms with Crippen molar-refractivity contribution < 1.29 is 5.11 Å². The molecular formula is C14H15NO. The highest BCUT2D eigenvalue weighted by molar-refractivity contribution is 5.85. The zero-order chi connectivity index (χ0) is 11.0. The molecule has 0 spiro atoms. The van der Waals surface area contributed by atoms with Crippen molar-refractivity contribution in [2.24, 2.45) is 5.92 Å². The predicted octanol–water partition coefficient (Wildman–Crippen LogP) is 3.07. The molecule has 2 heteroatoms. The fourth-order valence-electron chi connectivity index (χ4n) is 2.40. The van der Waals surface area contributed by atoms with E-state index in [1.807, 2.05) is 24.4 Å². The third-order valence-corrected chi connectivity index (χ3v) is 3.63. The van der Waals surface area contributed by atoms with Gasteiger partial charge >= 0.3 is 0 Å². The van der Waals surface area contributed by atoms with Crippen LogP contribution in [0.15, 0.2) is 36.7 Å². The minimum atomic E-state index is -0.318. The van der Waals surface area contributed by atoms with Crippen molar-refractivity contribution in [2.45, 2.75) is 25.4 Å². The summed E-state index contributed by atoms with van der Waals surface area (Å²) in [5.74, 6) is 0.450. The van der Waals surface area contributed by atoms with Crippen LogP contribution in [0.25, 0.3) is 10.8 Å². The molecule has 1 atom stereocenters. The van der Waals surface area contributed by atoms with Crippen molar-refractivity contribution in [3.05, 3.63) is 42.2 Å². The average Bonchev–Trinajstić information content (AvgIpc) is 2.26. The van der Waals surface area contributed by atoms with Crippen molar-refractivity contribution in [1.29, 1.82) is 0 Å². The van der Waals surface area contributed by atoms with E-state index >= 15 is 0 Å². The Morgan fingerprint density at radius 1 is 1.25 bits per heavy atom. The molecule has 2 nitrogen and oxygen atoms in total. The molecular weight excluding hydrogens is 198 g/mol. The van der Waals surface area contributed by atoms with Gasteiger partial charge in [-0.25, -0.2) is 0 Å².